The summed E-state index contributed by atoms with van der Waals surface area (Å²) in [7, 11) is 5.67. The standard InChI is InChI=1S/C11H20N6S/c1-12-9-14-10(16-11(15-9)17(2)3)13-8-5-4-6-18-7-8/h8H,4-7H2,1-3H3,(H2,12,13,14,15,16). The van der Waals surface area contributed by atoms with Crippen LogP contribution in [0, 0.1) is 0 Å². The first kappa shape index (κ1) is 13.2. The molecule has 0 amide bonds. The van der Waals surface area contributed by atoms with Crippen LogP contribution in [-0.4, -0.2) is 53.6 Å². The highest BCUT2D eigenvalue weighted by Crippen LogP contribution is 2.20. The Balaban J connectivity index is 2.12. The quantitative estimate of drug-likeness (QED) is 0.853. The van der Waals surface area contributed by atoms with Gasteiger partial charge in [-0.1, -0.05) is 0 Å². The van der Waals surface area contributed by atoms with E-state index in [4.69, 9.17) is 0 Å². The van der Waals surface area contributed by atoms with E-state index in [0.29, 0.717) is 23.9 Å². The summed E-state index contributed by atoms with van der Waals surface area (Å²) in [6.07, 6.45) is 2.44. The fourth-order valence-electron chi connectivity index (χ4n) is 1.78. The highest BCUT2D eigenvalue weighted by molar-refractivity contribution is 7.99. The maximum atomic E-state index is 4.42. The van der Waals surface area contributed by atoms with Crippen LogP contribution in [0.2, 0.25) is 0 Å². The van der Waals surface area contributed by atoms with Gasteiger partial charge >= 0.3 is 0 Å². The molecule has 1 aliphatic heterocycles. The molecular weight excluding hydrogens is 248 g/mol. The molecule has 0 saturated carbocycles. The van der Waals surface area contributed by atoms with Crippen molar-refractivity contribution in [1.29, 1.82) is 0 Å². The predicted molar refractivity (Wildman–Crippen MR) is 77.7 cm³/mol. The summed E-state index contributed by atoms with van der Waals surface area (Å²) in [5, 5.41) is 6.37. The van der Waals surface area contributed by atoms with Crippen molar-refractivity contribution >= 4 is 29.6 Å². The molecule has 6 nitrogen and oxygen atoms in total. The lowest BCUT2D eigenvalue weighted by Crippen LogP contribution is -2.27. The minimum atomic E-state index is 0.464. The lowest BCUT2D eigenvalue weighted by molar-refractivity contribution is 0.678. The van der Waals surface area contributed by atoms with E-state index in [0.717, 1.165) is 5.75 Å². The molecule has 1 saturated heterocycles. The molecule has 1 aliphatic rings. The Morgan fingerprint density at radius 1 is 1.22 bits per heavy atom. The van der Waals surface area contributed by atoms with Gasteiger partial charge in [0.1, 0.15) is 0 Å². The van der Waals surface area contributed by atoms with Gasteiger partial charge in [-0.25, -0.2) is 0 Å². The SMILES string of the molecule is CNc1nc(NC2CCCSC2)nc(N(C)C)n1. The van der Waals surface area contributed by atoms with Crippen molar-refractivity contribution in [3.63, 3.8) is 0 Å². The first-order chi connectivity index (χ1) is 8.69. The molecule has 0 spiro atoms. The van der Waals surface area contributed by atoms with Gasteiger partial charge < -0.3 is 15.5 Å². The first-order valence-corrected chi connectivity index (χ1v) is 7.30. The van der Waals surface area contributed by atoms with Crippen molar-refractivity contribution < 1.29 is 0 Å². The fourth-order valence-corrected chi connectivity index (χ4v) is 2.85. The molecule has 7 heteroatoms. The summed E-state index contributed by atoms with van der Waals surface area (Å²) in [4.78, 5) is 14.9. The van der Waals surface area contributed by atoms with Crippen molar-refractivity contribution in [3.05, 3.63) is 0 Å². The third-order valence-electron chi connectivity index (χ3n) is 2.74. The number of anilines is 3. The van der Waals surface area contributed by atoms with Crippen molar-refractivity contribution in [2.24, 2.45) is 0 Å². The van der Waals surface area contributed by atoms with Gasteiger partial charge in [0.05, 0.1) is 0 Å². The third kappa shape index (κ3) is 3.38. The molecule has 2 N–H and O–H groups in total. The maximum absolute atomic E-state index is 4.42. The highest BCUT2D eigenvalue weighted by Gasteiger charge is 2.16. The van der Waals surface area contributed by atoms with Crippen LogP contribution in [0.25, 0.3) is 0 Å². The third-order valence-corrected chi connectivity index (χ3v) is 3.96. The number of nitrogens with zero attached hydrogens (tertiary/aromatic N) is 4. The van der Waals surface area contributed by atoms with Gasteiger partial charge in [-0.05, 0) is 18.6 Å². The smallest absolute Gasteiger partial charge is 0.231 e. The second kappa shape index (κ2) is 6.08. The minimum Gasteiger partial charge on any atom is -0.357 e. The summed E-state index contributed by atoms with van der Waals surface area (Å²) in [6.45, 7) is 0. The average molecular weight is 268 g/mol. The van der Waals surface area contributed by atoms with Gasteiger partial charge in [0.25, 0.3) is 0 Å². The van der Waals surface area contributed by atoms with Crippen LogP contribution in [0.4, 0.5) is 17.8 Å². The highest BCUT2D eigenvalue weighted by atomic mass is 32.2. The van der Waals surface area contributed by atoms with E-state index in [1.54, 1.807) is 0 Å². The molecule has 1 atom stereocenters. The Morgan fingerprint density at radius 3 is 2.61 bits per heavy atom. The topological polar surface area (TPSA) is 66.0 Å². The zero-order valence-corrected chi connectivity index (χ0v) is 11.9. The van der Waals surface area contributed by atoms with Crippen molar-refractivity contribution in [1.82, 2.24) is 15.0 Å². The van der Waals surface area contributed by atoms with Gasteiger partial charge in [-0.2, -0.15) is 26.7 Å². The normalized spacial score (nSPS) is 19.4. The fraction of sp³-hybridized carbons (Fsp3) is 0.727. The van der Waals surface area contributed by atoms with Crippen LogP contribution in [0.3, 0.4) is 0 Å². The van der Waals surface area contributed by atoms with Gasteiger partial charge in [0.15, 0.2) is 0 Å². The predicted octanol–water partition coefficient (Wildman–Crippen LogP) is 1.29. The van der Waals surface area contributed by atoms with Crippen molar-refractivity contribution in [2.45, 2.75) is 18.9 Å². The molecule has 100 valence electrons. The van der Waals surface area contributed by atoms with Gasteiger partial charge in [0.2, 0.25) is 17.8 Å². The molecular formula is C11H20N6S. The van der Waals surface area contributed by atoms with E-state index in [9.17, 15) is 0 Å². The van der Waals surface area contributed by atoms with Crippen molar-refractivity contribution in [3.8, 4) is 0 Å². The first-order valence-electron chi connectivity index (χ1n) is 6.14. The molecule has 0 aromatic carbocycles. The monoisotopic (exact) mass is 268 g/mol. The molecule has 1 aromatic rings. The van der Waals surface area contributed by atoms with Crippen LogP contribution in [0.1, 0.15) is 12.8 Å². The van der Waals surface area contributed by atoms with E-state index in [2.05, 4.69) is 25.6 Å². The molecule has 0 aliphatic carbocycles. The molecule has 0 bridgehead atoms. The van der Waals surface area contributed by atoms with Gasteiger partial charge in [0, 0.05) is 32.9 Å². The molecule has 1 unspecified atom stereocenters. The van der Waals surface area contributed by atoms with Crippen LogP contribution in [0.15, 0.2) is 0 Å². The summed E-state index contributed by atoms with van der Waals surface area (Å²) in [5.41, 5.74) is 0. The largest absolute Gasteiger partial charge is 0.357 e. The zero-order valence-electron chi connectivity index (χ0n) is 11.1. The lowest BCUT2D eigenvalue weighted by Gasteiger charge is -2.23. The summed E-state index contributed by atoms with van der Waals surface area (Å²) in [5.74, 6) is 4.31. The molecule has 2 rings (SSSR count). The Kier molecular flexibility index (Phi) is 4.46. The van der Waals surface area contributed by atoms with E-state index in [1.807, 2.05) is 37.8 Å². The Hall–Kier alpha value is -1.24. The van der Waals surface area contributed by atoms with Crippen molar-refractivity contribution in [2.75, 3.05) is 48.2 Å². The molecule has 18 heavy (non-hydrogen) atoms. The number of aromatic nitrogens is 3. The number of hydrogen-bond donors (Lipinski definition) is 2. The Labute approximate surface area is 112 Å². The summed E-state index contributed by atoms with van der Waals surface area (Å²) < 4.78 is 0. The average Bonchev–Trinajstić information content (AvgIpc) is 2.39. The van der Waals surface area contributed by atoms with E-state index < -0.39 is 0 Å². The Bertz CT molecular complexity index is 391. The number of rotatable bonds is 4. The van der Waals surface area contributed by atoms with E-state index >= 15 is 0 Å². The molecule has 1 aromatic heterocycles. The van der Waals surface area contributed by atoms with Gasteiger partial charge in [-0.15, -0.1) is 0 Å². The van der Waals surface area contributed by atoms with Crippen LogP contribution >= 0.6 is 11.8 Å². The number of hydrogen-bond acceptors (Lipinski definition) is 7. The second-order valence-corrected chi connectivity index (χ2v) is 5.64. The molecule has 2 heterocycles. The molecule has 1 fully saturated rings. The van der Waals surface area contributed by atoms with E-state index in [1.165, 1.54) is 18.6 Å². The zero-order chi connectivity index (χ0) is 13.0. The van der Waals surface area contributed by atoms with Crippen LogP contribution < -0.4 is 15.5 Å². The van der Waals surface area contributed by atoms with Crippen LogP contribution in [0.5, 0.6) is 0 Å². The minimum absolute atomic E-state index is 0.464. The maximum Gasteiger partial charge on any atom is 0.231 e. The summed E-state index contributed by atoms with van der Waals surface area (Å²) >= 11 is 1.98. The lowest BCUT2D eigenvalue weighted by atomic mass is 10.2. The van der Waals surface area contributed by atoms with Gasteiger partial charge in [-0.3, -0.25) is 0 Å². The van der Waals surface area contributed by atoms with E-state index in [-0.39, 0.29) is 0 Å². The van der Waals surface area contributed by atoms with Crippen LogP contribution in [-0.2, 0) is 0 Å². The summed E-state index contributed by atoms with van der Waals surface area (Å²) in [6, 6.07) is 0.464. The Morgan fingerprint density at radius 2 is 2.00 bits per heavy atom. The second-order valence-electron chi connectivity index (χ2n) is 4.49. The molecule has 0 radical (unpaired) electrons. The number of thioether (sulfide) groups is 1. The number of nitrogens with one attached hydrogen (secondary N) is 2.